The summed E-state index contributed by atoms with van der Waals surface area (Å²) in [5.74, 6) is 4.03. The maximum Gasteiger partial charge on any atom is 0.0623 e. The zero-order chi connectivity index (χ0) is 14.1. The van der Waals surface area contributed by atoms with Crippen LogP contribution in [0.25, 0.3) is 0 Å². The van der Waals surface area contributed by atoms with Crippen molar-refractivity contribution < 1.29 is 4.74 Å². The second kappa shape index (κ2) is 6.55. The summed E-state index contributed by atoms with van der Waals surface area (Å²) in [6, 6.07) is 1.34. The Bertz CT molecular complexity index is 342. The summed E-state index contributed by atoms with van der Waals surface area (Å²) in [5, 5.41) is 7.60. The minimum absolute atomic E-state index is 0.598. The topological polar surface area (TPSA) is 33.3 Å². The molecule has 21 heavy (non-hydrogen) atoms. The number of rotatable bonds is 5. The molecule has 1 aliphatic heterocycles. The number of hydrogen-bond acceptors (Lipinski definition) is 3. The van der Waals surface area contributed by atoms with Crippen LogP contribution >= 0.6 is 0 Å². The average molecular weight is 292 g/mol. The minimum atomic E-state index is 0.598. The van der Waals surface area contributed by atoms with Gasteiger partial charge in [-0.3, -0.25) is 0 Å². The Kier molecular flexibility index (Phi) is 4.52. The first-order chi connectivity index (χ1) is 10.4. The molecule has 1 heterocycles. The monoisotopic (exact) mass is 292 g/mol. The summed E-state index contributed by atoms with van der Waals surface area (Å²) < 4.78 is 5.67. The van der Waals surface area contributed by atoms with E-state index in [1.807, 2.05) is 0 Å². The van der Waals surface area contributed by atoms with E-state index >= 15 is 0 Å². The fourth-order valence-electron chi connectivity index (χ4n) is 5.77. The Labute approximate surface area is 129 Å². The molecule has 3 aliphatic carbocycles. The summed E-state index contributed by atoms with van der Waals surface area (Å²) in [6.07, 6.45) is 11.7. The van der Waals surface area contributed by atoms with E-state index in [0.717, 1.165) is 49.5 Å². The van der Waals surface area contributed by atoms with Gasteiger partial charge in [0, 0.05) is 18.6 Å². The number of morpholine rings is 1. The highest BCUT2D eigenvalue weighted by atomic mass is 16.5. The predicted octanol–water partition coefficient (Wildman–Crippen LogP) is 2.56. The van der Waals surface area contributed by atoms with Crippen LogP contribution < -0.4 is 10.6 Å². The van der Waals surface area contributed by atoms with Gasteiger partial charge in [-0.05, 0) is 68.7 Å². The fraction of sp³-hybridized carbons (Fsp3) is 1.00. The van der Waals surface area contributed by atoms with E-state index in [-0.39, 0.29) is 0 Å². The number of fused-ring (bicyclic) bond motifs is 2. The van der Waals surface area contributed by atoms with E-state index in [2.05, 4.69) is 10.6 Å². The van der Waals surface area contributed by atoms with Crippen molar-refractivity contribution in [2.75, 3.05) is 26.3 Å². The lowest BCUT2D eigenvalue weighted by molar-refractivity contribution is 0.0524. The third-order valence-electron chi connectivity index (χ3n) is 6.84. The molecular weight excluding hydrogens is 260 g/mol. The van der Waals surface area contributed by atoms with Crippen LogP contribution in [0.1, 0.15) is 51.4 Å². The summed E-state index contributed by atoms with van der Waals surface area (Å²) in [4.78, 5) is 0. The van der Waals surface area contributed by atoms with E-state index < -0.39 is 0 Å². The van der Waals surface area contributed by atoms with E-state index in [1.165, 1.54) is 45.1 Å². The number of nitrogens with one attached hydrogen (secondary N) is 2. The van der Waals surface area contributed by atoms with Gasteiger partial charge in [-0.1, -0.05) is 12.8 Å². The summed E-state index contributed by atoms with van der Waals surface area (Å²) >= 11 is 0. The van der Waals surface area contributed by atoms with Crippen LogP contribution in [0.2, 0.25) is 0 Å². The predicted molar refractivity (Wildman–Crippen MR) is 85.3 cm³/mol. The van der Waals surface area contributed by atoms with Gasteiger partial charge in [-0.15, -0.1) is 0 Å². The third kappa shape index (κ3) is 3.16. The van der Waals surface area contributed by atoms with E-state index in [9.17, 15) is 0 Å². The van der Waals surface area contributed by atoms with Gasteiger partial charge in [0.15, 0.2) is 0 Å². The largest absolute Gasteiger partial charge is 0.379 e. The van der Waals surface area contributed by atoms with Gasteiger partial charge in [0.05, 0.1) is 13.2 Å². The molecule has 4 rings (SSSR count). The summed E-state index contributed by atoms with van der Waals surface area (Å²) in [7, 11) is 0. The molecular formula is C18H32N2O. The molecule has 120 valence electrons. The number of ether oxygens (including phenoxy) is 1. The van der Waals surface area contributed by atoms with Gasteiger partial charge >= 0.3 is 0 Å². The van der Waals surface area contributed by atoms with Crippen LogP contribution in [-0.2, 0) is 4.74 Å². The van der Waals surface area contributed by atoms with Crippen molar-refractivity contribution in [1.29, 1.82) is 0 Å². The van der Waals surface area contributed by atoms with Crippen LogP contribution in [-0.4, -0.2) is 38.4 Å². The first-order valence-corrected chi connectivity index (χ1v) is 9.44. The molecule has 0 amide bonds. The minimum Gasteiger partial charge on any atom is -0.379 e. The Morgan fingerprint density at radius 1 is 1.10 bits per heavy atom. The lowest BCUT2D eigenvalue weighted by Gasteiger charge is -2.33. The zero-order valence-electron chi connectivity index (χ0n) is 13.4. The molecule has 0 spiro atoms. The van der Waals surface area contributed by atoms with Crippen LogP contribution in [0, 0.1) is 23.7 Å². The van der Waals surface area contributed by atoms with E-state index in [0.29, 0.717) is 6.04 Å². The Morgan fingerprint density at radius 3 is 2.86 bits per heavy atom. The van der Waals surface area contributed by atoms with Gasteiger partial charge in [0.1, 0.15) is 0 Å². The van der Waals surface area contributed by atoms with Crippen LogP contribution in [0.5, 0.6) is 0 Å². The van der Waals surface area contributed by atoms with Gasteiger partial charge in [0.25, 0.3) is 0 Å². The molecule has 0 aromatic heterocycles. The normalized spacial score (nSPS) is 46.3. The van der Waals surface area contributed by atoms with E-state index in [1.54, 1.807) is 12.8 Å². The van der Waals surface area contributed by atoms with Crippen molar-refractivity contribution in [3.05, 3.63) is 0 Å². The molecule has 2 bridgehead atoms. The second-order valence-electron chi connectivity index (χ2n) is 8.01. The van der Waals surface area contributed by atoms with Crippen molar-refractivity contribution in [3.8, 4) is 0 Å². The first kappa shape index (κ1) is 14.5. The molecule has 6 unspecified atom stereocenters. The standard InChI is InChI=1S/C18H32N2O/c1-2-16(18-12-21-9-8-20-18)17(3-1)19-7-6-15-11-13-4-5-14(15)10-13/h13-20H,1-12H2. The lowest BCUT2D eigenvalue weighted by Crippen LogP contribution is -2.51. The quantitative estimate of drug-likeness (QED) is 0.817. The van der Waals surface area contributed by atoms with Gasteiger partial charge < -0.3 is 15.4 Å². The highest BCUT2D eigenvalue weighted by molar-refractivity contribution is 4.93. The van der Waals surface area contributed by atoms with Crippen molar-refractivity contribution in [1.82, 2.24) is 10.6 Å². The van der Waals surface area contributed by atoms with Gasteiger partial charge in [-0.2, -0.15) is 0 Å². The average Bonchev–Trinajstić information content (AvgIpc) is 3.24. The van der Waals surface area contributed by atoms with E-state index in [4.69, 9.17) is 4.74 Å². The van der Waals surface area contributed by atoms with Crippen molar-refractivity contribution in [2.45, 2.75) is 63.5 Å². The smallest absolute Gasteiger partial charge is 0.0623 e. The molecule has 3 heteroatoms. The third-order valence-corrected chi connectivity index (χ3v) is 6.84. The molecule has 0 aromatic carbocycles. The van der Waals surface area contributed by atoms with Crippen LogP contribution in [0.15, 0.2) is 0 Å². The number of hydrogen-bond donors (Lipinski definition) is 2. The fourth-order valence-corrected chi connectivity index (χ4v) is 5.77. The highest BCUT2D eigenvalue weighted by Gasteiger charge is 2.39. The maximum atomic E-state index is 5.67. The summed E-state index contributed by atoms with van der Waals surface area (Å²) in [6.45, 7) is 4.11. The van der Waals surface area contributed by atoms with Crippen molar-refractivity contribution >= 4 is 0 Å². The van der Waals surface area contributed by atoms with Gasteiger partial charge in [0.2, 0.25) is 0 Å². The molecule has 3 saturated carbocycles. The molecule has 0 radical (unpaired) electrons. The molecule has 3 nitrogen and oxygen atoms in total. The van der Waals surface area contributed by atoms with Crippen LogP contribution in [0.3, 0.4) is 0 Å². The molecule has 4 fully saturated rings. The molecule has 2 N–H and O–H groups in total. The molecule has 0 aromatic rings. The SMILES string of the molecule is C1CC(NCCC2CC3CCC2C3)C(C2COCCN2)C1. The van der Waals surface area contributed by atoms with Crippen molar-refractivity contribution in [3.63, 3.8) is 0 Å². The zero-order valence-corrected chi connectivity index (χ0v) is 13.4. The molecule has 1 saturated heterocycles. The highest BCUT2D eigenvalue weighted by Crippen LogP contribution is 2.49. The van der Waals surface area contributed by atoms with Crippen LogP contribution in [0.4, 0.5) is 0 Å². The first-order valence-electron chi connectivity index (χ1n) is 9.44. The Balaban J connectivity index is 1.22. The Morgan fingerprint density at radius 2 is 2.10 bits per heavy atom. The lowest BCUT2D eigenvalue weighted by atomic mass is 9.86. The second-order valence-corrected chi connectivity index (χ2v) is 8.01. The molecule has 4 aliphatic rings. The van der Waals surface area contributed by atoms with Crippen molar-refractivity contribution in [2.24, 2.45) is 23.7 Å². The molecule has 6 atom stereocenters. The summed E-state index contributed by atoms with van der Waals surface area (Å²) in [5.41, 5.74) is 0. The Hall–Kier alpha value is -0.120. The maximum absolute atomic E-state index is 5.67. The van der Waals surface area contributed by atoms with Gasteiger partial charge in [-0.25, -0.2) is 0 Å².